The summed E-state index contributed by atoms with van der Waals surface area (Å²) in [6, 6.07) is 10.3. The smallest absolute Gasteiger partial charge is 0.341 e. The number of ether oxygens (including phenoxy) is 1. The van der Waals surface area contributed by atoms with Crippen LogP contribution in [0.5, 0.6) is 5.75 Å². The third-order valence-corrected chi connectivity index (χ3v) is 4.87. The highest BCUT2D eigenvalue weighted by molar-refractivity contribution is 5.93. The van der Waals surface area contributed by atoms with E-state index in [1.165, 1.54) is 24.4 Å². The first-order valence-electron chi connectivity index (χ1n) is 9.22. The van der Waals surface area contributed by atoms with Crippen LogP contribution in [0, 0.1) is 11.7 Å². The maximum atomic E-state index is 13.0. The number of aliphatic hydroxyl groups excluding tert-OH is 1. The monoisotopic (exact) mass is 399 g/mol. The molecule has 0 aliphatic heterocycles. The van der Waals surface area contributed by atoms with Crippen molar-refractivity contribution in [3.8, 4) is 5.75 Å². The van der Waals surface area contributed by atoms with Crippen molar-refractivity contribution in [2.24, 2.45) is 5.92 Å². The van der Waals surface area contributed by atoms with Crippen LogP contribution in [0.2, 0.25) is 0 Å². The van der Waals surface area contributed by atoms with Gasteiger partial charge in [-0.3, -0.25) is 4.79 Å². The van der Waals surface area contributed by atoms with Crippen LogP contribution in [0.3, 0.4) is 0 Å². The highest BCUT2D eigenvalue weighted by Crippen LogP contribution is 2.26. The highest BCUT2D eigenvalue weighted by Gasteiger charge is 2.21. The molecule has 1 aromatic heterocycles. The molecule has 29 heavy (non-hydrogen) atoms. The molecule has 1 atom stereocenters. The van der Waals surface area contributed by atoms with Crippen LogP contribution < -0.4 is 10.2 Å². The summed E-state index contributed by atoms with van der Waals surface area (Å²) in [7, 11) is 0. The molecule has 2 aromatic carbocycles. The van der Waals surface area contributed by atoms with Crippen molar-refractivity contribution in [3.05, 3.63) is 75.8 Å². The number of hydrogen-bond donors (Lipinski definition) is 2. The molecular weight excluding hydrogens is 377 g/mol. The molecule has 0 fully saturated rings. The Labute approximate surface area is 166 Å². The zero-order valence-corrected chi connectivity index (χ0v) is 16.1. The minimum Gasteiger partial charge on any atom is -0.489 e. The molecule has 0 bridgehead atoms. The molecule has 0 saturated carbocycles. The van der Waals surface area contributed by atoms with Gasteiger partial charge in [0.1, 0.15) is 23.7 Å². The van der Waals surface area contributed by atoms with Gasteiger partial charge in [0.05, 0.1) is 23.6 Å². The van der Waals surface area contributed by atoms with E-state index in [0.717, 1.165) is 5.56 Å². The highest BCUT2D eigenvalue weighted by atomic mass is 19.1. The summed E-state index contributed by atoms with van der Waals surface area (Å²) in [5.74, 6) is -1.27. The molecule has 0 amide bonds. The van der Waals surface area contributed by atoms with Gasteiger partial charge in [-0.05, 0) is 41.8 Å². The van der Waals surface area contributed by atoms with Gasteiger partial charge in [-0.25, -0.2) is 9.18 Å². The molecule has 7 heteroatoms. The van der Waals surface area contributed by atoms with E-state index in [1.807, 2.05) is 13.8 Å². The Hall–Kier alpha value is -3.19. The maximum Gasteiger partial charge on any atom is 0.341 e. The van der Waals surface area contributed by atoms with Gasteiger partial charge < -0.3 is 19.5 Å². The first-order valence-corrected chi connectivity index (χ1v) is 9.22. The lowest BCUT2D eigenvalue weighted by Gasteiger charge is -2.24. The summed E-state index contributed by atoms with van der Waals surface area (Å²) in [4.78, 5) is 24.3. The van der Waals surface area contributed by atoms with E-state index in [2.05, 4.69) is 0 Å². The minimum absolute atomic E-state index is 0.0155. The Kier molecular flexibility index (Phi) is 5.98. The Bertz CT molecular complexity index is 1090. The Balaban J connectivity index is 2.06. The molecule has 1 heterocycles. The number of pyridine rings is 1. The Morgan fingerprint density at radius 3 is 2.45 bits per heavy atom. The van der Waals surface area contributed by atoms with Crippen molar-refractivity contribution in [3.63, 3.8) is 0 Å². The average molecular weight is 399 g/mol. The Morgan fingerprint density at radius 2 is 1.86 bits per heavy atom. The molecule has 3 rings (SSSR count). The van der Waals surface area contributed by atoms with E-state index >= 15 is 0 Å². The minimum atomic E-state index is -1.33. The lowest BCUT2D eigenvalue weighted by Crippen LogP contribution is -2.25. The second-order valence-electron chi connectivity index (χ2n) is 7.17. The summed E-state index contributed by atoms with van der Waals surface area (Å²) in [5, 5.41) is 19.4. The quantitative estimate of drug-likeness (QED) is 0.634. The number of hydrogen-bond acceptors (Lipinski definition) is 4. The number of fused-ring (bicyclic) bond motifs is 1. The number of carbonyl (C=O) groups is 1. The van der Waals surface area contributed by atoms with E-state index in [4.69, 9.17) is 4.74 Å². The van der Waals surface area contributed by atoms with Gasteiger partial charge in [-0.15, -0.1) is 0 Å². The largest absolute Gasteiger partial charge is 0.489 e. The average Bonchev–Trinajstić information content (AvgIpc) is 2.69. The van der Waals surface area contributed by atoms with Crippen molar-refractivity contribution < 1.29 is 24.1 Å². The summed E-state index contributed by atoms with van der Waals surface area (Å²) >= 11 is 0. The Morgan fingerprint density at radius 1 is 1.17 bits per heavy atom. The number of halogens is 1. The lowest BCUT2D eigenvalue weighted by molar-refractivity contribution is 0.0694. The van der Waals surface area contributed by atoms with E-state index in [-0.39, 0.29) is 41.9 Å². The first kappa shape index (κ1) is 20.5. The summed E-state index contributed by atoms with van der Waals surface area (Å²) in [5.41, 5.74) is 0.286. The fourth-order valence-corrected chi connectivity index (χ4v) is 3.22. The van der Waals surface area contributed by atoms with Crippen LogP contribution in [0.25, 0.3) is 10.9 Å². The number of aliphatic hydroxyl groups is 1. The van der Waals surface area contributed by atoms with Crippen LogP contribution in [-0.4, -0.2) is 27.4 Å². The molecule has 6 nitrogen and oxygen atoms in total. The zero-order valence-electron chi connectivity index (χ0n) is 16.1. The van der Waals surface area contributed by atoms with Crippen LogP contribution in [-0.2, 0) is 6.61 Å². The van der Waals surface area contributed by atoms with Crippen molar-refractivity contribution in [1.29, 1.82) is 0 Å². The van der Waals surface area contributed by atoms with Crippen molar-refractivity contribution in [2.75, 3.05) is 6.61 Å². The second-order valence-corrected chi connectivity index (χ2v) is 7.17. The summed E-state index contributed by atoms with van der Waals surface area (Å²) < 4.78 is 20.4. The van der Waals surface area contributed by atoms with Crippen LogP contribution >= 0.6 is 0 Å². The predicted octanol–water partition coefficient (Wildman–Crippen LogP) is 3.61. The van der Waals surface area contributed by atoms with Crippen molar-refractivity contribution in [1.82, 2.24) is 4.57 Å². The normalized spacial score (nSPS) is 12.3. The number of rotatable bonds is 7. The topological polar surface area (TPSA) is 88.8 Å². The van der Waals surface area contributed by atoms with E-state index < -0.39 is 11.4 Å². The maximum absolute atomic E-state index is 13.0. The van der Waals surface area contributed by atoms with Gasteiger partial charge in [-0.1, -0.05) is 26.0 Å². The molecule has 0 aliphatic carbocycles. The van der Waals surface area contributed by atoms with Gasteiger partial charge >= 0.3 is 5.97 Å². The fourth-order valence-electron chi connectivity index (χ4n) is 3.22. The van der Waals surface area contributed by atoms with Crippen LogP contribution in [0.4, 0.5) is 4.39 Å². The second kappa shape index (κ2) is 8.45. The zero-order chi connectivity index (χ0) is 21.1. The number of benzene rings is 2. The van der Waals surface area contributed by atoms with Crippen molar-refractivity contribution in [2.45, 2.75) is 26.5 Å². The third-order valence-electron chi connectivity index (χ3n) is 4.87. The number of carboxylic acids is 1. The van der Waals surface area contributed by atoms with Gasteiger partial charge in [0.25, 0.3) is 0 Å². The van der Waals surface area contributed by atoms with E-state index in [0.29, 0.717) is 11.3 Å². The predicted molar refractivity (Wildman–Crippen MR) is 107 cm³/mol. The SMILES string of the molecule is CC(C)C(CO)n1cc(C(=O)O)c(=O)c2cc(OCc3ccc(F)cc3)ccc21. The molecule has 0 spiro atoms. The van der Waals surface area contributed by atoms with Gasteiger partial charge in [-0.2, -0.15) is 0 Å². The molecular formula is C22H22FNO5. The third kappa shape index (κ3) is 4.30. The van der Waals surface area contributed by atoms with Gasteiger partial charge in [0, 0.05) is 6.20 Å². The molecule has 2 N–H and O–H groups in total. The van der Waals surface area contributed by atoms with E-state index in [9.17, 15) is 24.2 Å². The molecule has 152 valence electrons. The molecule has 0 radical (unpaired) electrons. The summed E-state index contributed by atoms with van der Waals surface area (Å²) in [6.45, 7) is 3.79. The molecule has 3 aromatic rings. The first-order chi connectivity index (χ1) is 13.8. The molecule has 0 saturated heterocycles. The fraction of sp³-hybridized carbons (Fsp3) is 0.273. The van der Waals surface area contributed by atoms with Crippen molar-refractivity contribution >= 4 is 16.9 Å². The number of carboxylic acid groups (broad SMARTS) is 1. The molecule has 0 aliphatic rings. The lowest BCUT2D eigenvalue weighted by atomic mass is 10.0. The standard InChI is InChI=1S/C22H22FNO5/c1-13(2)20(11-25)24-10-18(22(27)28)21(26)17-9-16(7-8-19(17)24)29-12-14-3-5-15(23)6-4-14/h3-10,13,20,25H,11-12H2,1-2H3,(H,27,28). The van der Waals surface area contributed by atoms with Crippen LogP contribution in [0.1, 0.15) is 35.8 Å². The number of nitrogens with zero attached hydrogens (tertiary/aromatic N) is 1. The van der Waals surface area contributed by atoms with Gasteiger partial charge in [0.2, 0.25) is 5.43 Å². The molecule has 1 unspecified atom stereocenters. The van der Waals surface area contributed by atoms with Crippen LogP contribution in [0.15, 0.2) is 53.5 Å². The van der Waals surface area contributed by atoms with E-state index in [1.54, 1.807) is 28.8 Å². The number of aromatic nitrogens is 1. The summed E-state index contributed by atoms with van der Waals surface area (Å²) in [6.07, 6.45) is 1.28. The van der Waals surface area contributed by atoms with Gasteiger partial charge in [0.15, 0.2) is 0 Å². The number of aromatic carboxylic acids is 1.